The van der Waals surface area contributed by atoms with Gasteiger partial charge in [-0.2, -0.15) is 0 Å². The van der Waals surface area contributed by atoms with Crippen LogP contribution in [0, 0.1) is 0 Å². The van der Waals surface area contributed by atoms with E-state index >= 15 is 0 Å². The zero-order valence-corrected chi connectivity index (χ0v) is 4.53. The Morgan fingerprint density at radius 1 is 1.29 bits per heavy atom. The fourth-order valence-corrected chi connectivity index (χ4v) is 0.663. The Morgan fingerprint density at radius 3 is 2.29 bits per heavy atom. The summed E-state index contributed by atoms with van der Waals surface area (Å²) in [6.07, 6.45) is 5.84. The van der Waals surface area contributed by atoms with Gasteiger partial charge in [-0.05, 0) is 23.4 Å². The van der Waals surface area contributed by atoms with E-state index in [1.54, 1.807) is 11.9 Å². The number of rotatable bonds is 0. The van der Waals surface area contributed by atoms with Gasteiger partial charge < -0.3 is 10.2 Å². The molecule has 0 aromatic carbocycles. The average Bonchev–Trinajstić information content (AvgIpc) is 1.72. The van der Waals surface area contributed by atoms with Crippen molar-refractivity contribution in [2.75, 3.05) is 0 Å². The van der Waals surface area contributed by atoms with Crippen LogP contribution in [0.2, 0.25) is 0 Å². The summed E-state index contributed by atoms with van der Waals surface area (Å²) in [5, 5.41) is 1.99. The third kappa shape index (κ3) is 2.31. The van der Waals surface area contributed by atoms with Crippen molar-refractivity contribution in [1.82, 2.24) is 4.72 Å². The molecule has 2 nitrogen and oxygen atoms in total. The second kappa shape index (κ2) is 3.77. The summed E-state index contributed by atoms with van der Waals surface area (Å²) in [6.45, 7) is 0. The normalized spacial score (nSPS) is 14.9. The molecular weight excluding hydrogens is 110 g/mol. The van der Waals surface area contributed by atoms with E-state index in [0.717, 1.165) is 0 Å². The van der Waals surface area contributed by atoms with Crippen LogP contribution in [-0.2, 0) is 0 Å². The first-order valence-electron chi connectivity index (χ1n) is 1.73. The molecule has 0 unspecified atom stereocenters. The van der Waals surface area contributed by atoms with Crippen LogP contribution in [0.5, 0.6) is 0 Å². The van der Waals surface area contributed by atoms with E-state index in [1.807, 2.05) is 23.8 Å². The van der Waals surface area contributed by atoms with Crippen LogP contribution >= 0.6 is 11.9 Å². The van der Waals surface area contributed by atoms with Crippen LogP contribution < -0.4 is 4.72 Å². The maximum absolute atomic E-state index is 2.93. The van der Waals surface area contributed by atoms with E-state index in [-0.39, 0.29) is 5.48 Å². The van der Waals surface area contributed by atoms with Crippen molar-refractivity contribution in [3.8, 4) is 0 Å². The van der Waals surface area contributed by atoms with Gasteiger partial charge in [-0.25, -0.2) is 0 Å². The van der Waals surface area contributed by atoms with Gasteiger partial charge in [-0.3, -0.25) is 0 Å². The minimum absolute atomic E-state index is 0. The molecule has 3 N–H and O–H groups in total. The van der Waals surface area contributed by atoms with Crippen molar-refractivity contribution in [2.45, 2.75) is 0 Å². The molecule has 1 heterocycles. The molecular formula is C4H7NOS. The maximum Gasteiger partial charge on any atom is 0.00756 e. The first-order valence-corrected chi connectivity index (χ1v) is 2.61. The van der Waals surface area contributed by atoms with E-state index in [0.29, 0.717) is 0 Å². The molecule has 3 heteroatoms. The molecule has 0 amide bonds. The zero-order valence-electron chi connectivity index (χ0n) is 3.72. The molecule has 0 spiro atoms. The lowest BCUT2D eigenvalue weighted by molar-refractivity contribution is 0.824. The summed E-state index contributed by atoms with van der Waals surface area (Å²) in [6, 6.07) is 0. The maximum atomic E-state index is 2.93. The highest BCUT2D eigenvalue weighted by Gasteiger charge is 1.74. The predicted octanol–water partition coefficient (Wildman–Crippen LogP) is 0.440. The standard InChI is InChI=1S/C4H5NS.H2O/c1-2-4-6-5-3-1;/h1-5H;1H2. The predicted molar refractivity (Wildman–Crippen MR) is 32.6 cm³/mol. The molecule has 0 saturated carbocycles. The van der Waals surface area contributed by atoms with Crippen LogP contribution in [0.15, 0.2) is 23.8 Å². The molecule has 0 fully saturated rings. The number of nitrogens with one attached hydrogen (secondary N) is 1. The van der Waals surface area contributed by atoms with Crippen molar-refractivity contribution in [1.29, 1.82) is 0 Å². The van der Waals surface area contributed by atoms with Crippen LogP contribution in [0.1, 0.15) is 0 Å². The van der Waals surface area contributed by atoms with Gasteiger partial charge in [-0.1, -0.05) is 6.08 Å². The van der Waals surface area contributed by atoms with Crippen LogP contribution in [0.3, 0.4) is 0 Å². The van der Waals surface area contributed by atoms with E-state index in [1.165, 1.54) is 0 Å². The van der Waals surface area contributed by atoms with E-state index in [2.05, 4.69) is 4.72 Å². The average molecular weight is 117 g/mol. The van der Waals surface area contributed by atoms with Gasteiger partial charge in [-0.15, -0.1) is 0 Å². The van der Waals surface area contributed by atoms with Crippen LogP contribution in [0.25, 0.3) is 0 Å². The fraction of sp³-hybridized carbons (Fsp3) is 0. The van der Waals surface area contributed by atoms with Crippen molar-refractivity contribution >= 4 is 11.9 Å². The largest absolute Gasteiger partial charge is 0.412 e. The molecule has 1 rings (SSSR count). The lowest BCUT2D eigenvalue weighted by atomic mass is 10.6. The Morgan fingerprint density at radius 2 is 2.14 bits per heavy atom. The minimum atomic E-state index is 0. The SMILES string of the molecule is C1=CNSC=C1.O. The summed E-state index contributed by atoms with van der Waals surface area (Å²) in [4.78, 5) is 0. The summed E-state index contributed by atoms with van der Waals surface area (Å²) >= 11 is 1.58. The Balaban J connectivity index is 0.000000360. The van der Waals surface area contributed by atoms with Gasteiger partial charge in [0.05, 0.1) is 0 Å². The molecule has 1 aliphatic heterocycles. The quantitative estimate of drug-likeness (QED) is 0.468. The molecule has 0 aliphatic carbocycles. The third-order valence-corrected chi connectivity index (χ3v) is 1.06. The fourth-order valence-electron chi connectivity index (χ4n) is 0.258. The van der Waals surface area contributed by atoms with Gasteiger partial charge >= 0.3 is 0 Å². The first-order chi connectivity index (χ1) is 3.00. The molecule has 0 aromatic rings. The summed E-state index contributed by atoms with van der Waals surface area (Å²) in [5.41, 5.74) is 0. The van der Waals surface area contributed by atoms with E-state index < -0.39 is 0 Å². The summed E-state index contributed by atoms with van der Waals surface area (Å²) in [7, 11) is 0. The van der Waals surface area contributed by atoms with Crippen molar-refractivity contribution in [3.05, 3.63) is 23.8 Å². The van der Waals surface area contributed by atoms with Gasteiger partial charge in [0, 0.05) is 6.20 Å². The summed E-state index contributed by atoms with van der Waals surface area (Å²) < 4.78 is 2.93. The van der Waals surface area contributed by atoms with Crippen molar-refractivity contribution in [2.24, 2.45) is 0 Å². The molecule has 0 bridgehead atoms. The topological polar surface area (TPSA) is 43.5 Å². The van der Waals surface area contributed by atoms with Crippen molar-refractivity contribution in [3.63, 3.8) is 0 Å². The van der Waals surface area contributed by atoms with Gasteiger partial charge in [0.15, 0.2) is 0 Å². The second-order valence-corrected chi connectivity index (χ2v) is 1.67. The lowest BCUT2D eigenvalue weighted by Gasteiger charge is -1.93. The van der Waals surface area contributed by atoms with Crippen LogP contribution in [-0.4, -0.2) is 5.48 Å². The van der Waals surface area contributed by atoms with Gasteiger partial charge in [0.1, 0.15) is 0 Å². The highest BCUT2D eigenvalue weighted by Crippen LogP contribution is 1.98. The molecule has 40 valence electrons. The Bertz CT molecular complexity index is 77.7. The Labute approximate surface area is 46.7 Å². The monoisotopic (exact) mass is 117 g/mol. The first kappa shape index (κ1) is 6.59. The number of hydrogen-bond donors (Lipinski definition) is 1. The highest BCUT2D eigenvalue weighted by atomic mass is 32.2. The second-order valence-electron chi connectivity index (χ2n) is 0.923. The molecule has 7 heavy (non-hydrogen) atoms. The van der Waals surface area contributed by atoms with Crippen LogP contribution in [0.4, 0.5) is 0 Å². The highest BCUT2D eigenvalue weighted by molar-refractivity contribution is 8.00. The van der Waals surface area contributed by atoms with Crippen molar-refractivity contribution < 1.29 is 5.48 Å². The van der Waals surface area contributed by atoms with Gasteiger partial charge in [0.2, 0.25) is 0 Å². The molecule has 0 radical (unpaired) electrons. The Hall–Kier alpha value is -0.410. The molecule has 0 atom stereocenters. The van der Waals surface area contributed by atoms with E-state index in [4.69, 9.17) is 0 Å². The zero-order chi connectivity index (χ0) is 4.24. The lowest BCUT2D eigenvalue weighted by Crippen LogP contribution is -1.88. The Kier molecular flexibility index (Phi) is 3.55. The molecule has 0 aromatic heterocycles. The number of allylic oxidation sites excluding steroid dienone is 2. The van der Waals surface area contributed by atoms with Gasteiger partial charge in [0.25, 0.3) is 0 Å². The number of hydrogen-bond acceptors (Lipinski definition) is 2. The minimum Gasteiger partial charge on any atom is -0.412 e. The van der Waals surface area contributed by atoms with E-state index in [9.17, 15) is 0 Å². The smallest absolute Gasteiger partial charge is 0.00756 e. The summed E-state index contributed by atoms with van der Waals surface area (Å²) in [5.74, 6) is 0. The molecule has 0 saturated heterocycles. The third-order valence-electron chi connectivity index (χ3n) is 0.490. The molecule has 1 aliphatic rings.